The minimum absolute atomic E-state index is 0.982. The zero-order chi connectivity index (χ0) is 13.9. The third-order valence-electron chi connectivity index (χ3n) is 3.61. The van der Waals surface area contributed by atoms with Crippen molar-refractivity contribution in [3.63, 3.8) is 0 Å². The van der Waals surface area contributed by atoms with Crippen molar-refractivity contribution in [2.24, 2.45) is 0 Å². The molecule has 2 heteroatoms. The highest BCUT2D eigenvalue weighted by Gasteiger charge is 2.21. The smallest absolute Gasteiger partial charge is 0.0747 e. The Hall–Kier alpha value is -2.35. The maximum Gasteiger partial charge on any atom is 0.0747 e. The highest BCUT2D eigenvalue weighted by atomic mass is 15.1. The Kier molecular flexibility index (Phi) is 3.38. The van der Waals surface area contributed by atoms with Gasteiger partial charge in [-0.1, -0.05) is 60.2 Å². The standard InChI is InChI=1S/C11H10N2.C7H8/c1-7-11-9-5-3-2-4-8(9)6-10(11)13-12-7;1-7-5-3-2-4-6-7/h2-5H,6H2,1H3,(H,12,13);2-6H,1H3. The van der Waals surface area contributed by atoms with Crippen molar-refractivity contribution in [1.29, 1.82) is 0 Å². The fraction of sp³-hybridized carbons (Fsp3) is 0.167. The second-order valence-electron chi connectivity index (χ2n) is 5.16. The Labute approximate surface area is 119 Å². The third kappa shape index (κ3) is 2.37. The van der Waals surface area contributed by atoms with Crippen LogP contribution < -0.4 is 0 Å². The lowest BCUT2D eigenvalue weighted by Crippen LogP contribution is -1.83. The number of hydrogen-bond donors (Lipinski definition) is 1. The van der Waals surface area contributed by atoms with E-state index in [4.69, 9.17) is 0 Å². The number of aromatic nitrogens is 2. The molecule has 1 heterocycles. The number of nitrogens with zero attached hydrogens (tertiary/aromatic N) is 1. The highest BCUT2D eigenvalue weighted by molar-refractivity contribution is 5.77. The Morgan fingerprint density at radius 2 is 1.60 bits per heavy atom. The van der Waals surface area contributed by atoms with E-state index in [1.54, 1.807) is 0 Å². The molecule has 1 N–H and O–H groups in total. The normalized spacial score (nSPS) is 11.3. The molecule has 0 aliphatic heterocycles. The van der Waals surface area contributed by atoms with Gasteiger partial charge < -0.3 is 0 Å². The predicted molar refractivity (Wildman–Crippen MR) is 82.7 cm³/mol. The zero-order valence-electron chi connectivity index (χ0n) is 11.9. The van der Waals surface area contributed by atoms with Crippen molar-refractivity contribution in [1.82, 2.24) is 10.2 Å². The van der Waals surface area contributed by atoms with Gasteiger partial charge in [-0.05, 0) is 25.0 Å². The van der Waals surface area contributed by atoms with Gasteiger partial charge in [0, 0.05) is 17.7 Å². The molecule has 0 atom stereocenters. The molecular weight excluding hydrogens is 244 g/mol. The van der Waals surface area contributed by atoms with Gasteiger partial charge in [-0.2, -0.15) is 5.10 Å². The fourth-order valence-electron chi connectivity index (χ4n) is 2.60. The number of fused-ring (bicyclic) bond motifs is 3. The van der Waals surface area contributed by atoms with Crippen LogP contribution in [0.2, 0.25) is 0 Å². The molecule has 20 heavy (non-hydrogen) atoms. The molecule has 0 amide bonds. The second kappa shape index (κ2) is 5.33. The number of aromatic amines is 1. The van der Waals surface area contributed by atoms with Gasteiger partial charge in [-0.3, -0.25) is 5.10 Å². The minimum Gasteiger partial charge on any atom is -0.282 e. The monoisotopic (exact) mass is 262 g/mol. The lowest BCUT2D eigenvalue weighted by Gasteiger charge is -1.98. The molecule has 0 saturated heterocycles. The van der Waals surface area contributed by atoms with E-state index in [1.807, 2.05) is 18.2 Å². The van der Waals surface area contributed by atoms with E-state index >= 15 is 0 Å². The molecule has 0 unspecified atom stereocenters. The van der Waals surface area contributed by atoms with Crippen LogP contribution >= 0.6 is 0 Å². The molecule has 1 aromatic heterocycles. The maximum absolute atomic E-state index is 4.29. The summed E-state index contributed by atoms with van der Waals surface area (Å²) in [6.07, 6.45) is 0.982. The van der Waals surface area contributed by atoms with Crippen molar-refractivity contribution in [3.05, 3.63) is 77.1 Å². The molecule has 2 aromatic carbocycles. The summed E-state index contributed by atoms with van der Waals surface area (Å²) in [5.74, 6) is 0. The summed E-state index contributed by atoms with van der Waals surface area (Å²) in [5.41, 5.74) is 7.76. The summed E-state index contributed by atoms with van der Waals surface area (Å²) < 4.78 is 0. The Balaban J connectivity index is 0.000000147. The van der Waals surface area contributed by atoms with E-state index in [1.165, 1.54) is 33.6 Å². The van der Waals surface area contributed by atoms with Gasteiger partial charge in [0.05, 0.1) is 5.69 Å². The van der Waals surface area contributed by atoms with Crippen molar-refractivity contribution in [2.45, 2.75) is 20.3 Å². The number of H-pyrrole nitrogens is 1. The number of hydrogen-bond acceptors (Lipinski definition) is 1. The largest absolute Gasteiger partial charge is 0.282 e. The van der Waals surface area contributed by atoms with Gasteiger partial charge in [-0.15, -0.1) is 0 Å². The van der Waals surface area contributed by atoms with E-state index in [-0.39, 0.29) is 0 Å². The van der Waals surface area contributed by atoms with E-state index < -0.39 is 0 Å². The van der Waals surface area contributed by atoms with Crippen LogP contribution in [-0.2, 0) is 6.42 Å². The van der Waals surface area contributed by atoms with Crippen LogP contribution in [0.5, 0.6) is 0 Å². The summed E-state index contributed by atoms with van der Waals surface area (Å²) in [7, 11) is 0. The van der Waals surface area contributed by atoms with E-state index in [2.05, 4.69) is 60.4 Å². The topological polar surface area (TPSA) is 28.7 Å². The summed E-state index contributed by atoms with van der Waals surface area (Å²) in [5, 5.41) is 7.32. The lowest BCUT2D eigenvalue weighted by atomic mass is 10.1. The first-order chi connectivity index (χ1) is 9.75. The molecule has 0 saturated carbocycles. The van der Waals surface area contributed by atoms with Gasteiger partial charge in [0.25, 0.3) is 0 Å². The summed E-state index contributed by atoms with van der Waals surface area (Å²) >= 11 is 0. The number of aryl methyl sites for hydroxylation is 2. The Morgan fingerprint density at radius 1 is 0.900 bits per heavy atom. The number of benzene rings is 2. The molecule has 100 valence electrons. The maximum atomic E-state index is 4.29. The number of rotatable bonds is 0. The molecule has 3 aromatic rings. The third-order valence-corrected chi connectivity index (χ3v) is 3.61. The average molecular weight is 262 g/mol. The lowest BCUT2D eigenvalue weighted by molar-refractivity contribution is 0.984. The van der Waals surface area contributed by atoms with Crippen LogP contribution in [0.3, 0.4) is 0 Å². The van der Waals surface area contributed by atoms with Crippen molar-refractivity contribution < 1.29 is 0 Å². The van der Waals surface area contributed by atoms with Crippen molar-refractivity contribution in [3.8, 4) is 11.1 Å². The first-order valence-corrected chi connectivity index (χ1v) is 6.89. The van der Waals surface area contributed by atoms with Crippen LogP contribution in [0.15, 0.2) is 54.6 Å². The first kappa shape index (κ1) is 12.7. The molecule has 0 fully saturated rings. The second-order valence-corrected chi connectivity index (χ2v) is 5.16. The van der Waals surface area contributed by atoms with Gasteiger partial charge in [0.1, 0.15) is 0 Å². The predicted octanol–water partition coefficient (Wildman–Crippen LogP) is 4.28. The van der Waals surface area contributed by atoms with Gasteiger partial charge in [0.15, 0.2) is 0 Å². The van der Waals surface area contributed by atoms with E-state index in [0.717, 1.165) is 6.42 Å². The van der Waals surface area contributed by atoms with E-state index in [0.29, 0.717) is 0 Å². The molecule has 0 spiro atoms. The van der Waals surface area contributed by atoms with Gasteiger partial charge >= 0.3 is 0 Å². The van der Waals surface area contributed by atoms with Crippen LogP contribution in [0, 0.1) is 13.8 Å². The summed E-state index contributed by atoms with van der Waals surface area (Å²) in [6, 6.07) is 18.8. The van der Waals surface area contributed by atoms with Gasteiger partial charge in [0.2, 0.25) is 0 Å². The van der Waals surface area contributed by atoms with Crippen LogP contribution in [0.4, 0.5) is 0 Å². The van der Waals surface area contributed by atoms with Crippen LogP contribution in [-0.4, -0.2) is 10.2 Å². The Morgan fingerprint density at radius 3 is 2.30 bits per heavy atom. The fourth-order valence-corrected chi connectivity index (χ4v) is 2.60. The summed E-state index contributed by atoms with van der Waals surface area (Å²) in [4.78, 5) is 0. The highest BCUT2D eigenvalue weighted by Crippen LogP contribution is 2.36. The van der Waals surface area contributed by atoms with Crippen LogP contribution in [0.25, 0.3) is 11.1 Å². The molecular formula is C18H18N2. The molecule has 2 nitrogen and oxygen atoms in total. The first-order valence-electron chi connectivity index (χ1n) is 6.89. The molecule has 1 aliphatic rings. The number of nitrogens with one attached hydrogen (secondary N) is 1. The molecule has 0 bridgehead atoms. The zero-order valence-corrected chi connectivity index (χ0v) is 11.9. The van der Waals surface area contributed by atoms with Crippen molar-refractivity contribution in [2.75, 3.05) is 0 Å². The van der Waals surface area contributed by atoms with Gasteiger partial charge in [-0.25, -0.2) is 0 Å². The molecule has 1 aliphatic carbocycles. The molecule has 4 rings (SSSR count). The molecule has 0 radical (unpaired) electrons. The minimum atomic E-state index is 0.982. The van der Waals surface area contributed by atoms with Crippen LogP contribution in [0.1, 0.15) is 22.5 Å². The SMILES string of the molecule is Cc1[nH]nc2c1-c1ccccc1C2.Cc1ccccc1. The van der Waals surface area contributed by atoms with E-state index in [9.17, 15) is 0 Å². The Bertz CT molecular complexity index is 711. The van der Waals surface area contributed by atoms with Crippen molar-refractivity contribution >= 4 is 0 Å². The average Bonchev–Trinajstić information content (AvgIpc) is 3.00. The quantitative estimate of drug-likeness (QED) is 0.503. The summed E-state index contributed by atoms with van der Waals surface area (Å²) in [6.45, 7) is 4.16.